The Morgan fingerprint density at radius 3 is 2.55 bits per heavy atom. The number of ether oxygens (including phenoxy) is 1. The van der Waals surface area contributed by atoms with Gasteiger partial charge in [-0.05, 0) is 54.2 Å². The minimum absolute atomic E-state index is 0.176. The number of hydrogen-bond donors (Lipinski definition) is 3. The van der Waals surface area contributed by atoms with E-state index in [2.05, 4.69) is 21.2 Å². The molecular weight excluding hydrogens is 462 g/mol. The summed E-state index contributed by atoms with van der Waals surface area (Å²) in [5.74, 6) is 0.111. The van der Waals surface area contributed by atoms with Crippen LogP contribution in [0.15, 0.2) is 77.9 Å². The van der Waals surface area contributed by atoms with Crippen LogP contribution in [0.3, 0.4) is 0 Å². The molecule has 0 aromatic heterocycles. The van der Waals surface area contributed by atoms with Crippen molar-refractivity contribution in [1.29, 1.82) is 0 Å². The lowest BCUT2D eigenvalue weighted by molar-refractivity contribution is -0.120. The number of nitrogens with zero attached hydrogens (tertiary/aromatic N) is 2. The van der Waals surface area contributed by atoms with Crippen molar-refractivity contribution in [3.05, 3.63) is 83.4 Å². The van der Waals surface area contributed by atoms with Crippen LogP contribution in [0.5, 0.6) is 5.75 Å². The number of nitrogens with one attached hydrogen (secondary N) is 3. The molecule has 0 saturated carbocycles. The molecule has 1 heterocycles. The van der Waals surface area contributed by atoms with Crippen LogP contribution in [0, 0.1) is 0 Å². The highest BCUT2D eigenvalue weighted by molar-refractivity contribution is 7.80. The van der Waals surface area contributed by atoms with Crippen molar-refractivity contribution in [1.82, 2.24) is 5.43 Å². The lowest BCUT2D eigenvalue weighted by Gasteiger charge is -2.30. The minimum atomic E-state index is -0.537. The lowest BCUT2D eigenvalue weighted by Crippen LogP contribution is -2.45. The molecule has 4 rings (SSSR count). The third kappa shape index (κ3) is 5.65. The number of carbonyl (C=O) groups excluding carboxylic acids is 2. The predicted molar refractivity (Wildman–Crippen MR) is 133 cm³/mol. The molecule has 0 unspecified atom stereocenters. The van der Waals surface area contributed by atoms with Crippen molar-refractivity contribution in [3.8, 4) is 5.75 Å². The zero-order valence-corrected chi connectivity index (χ0v) is 18.7. The average Bonchev–Trinajstić information content (AvgIpc) is 2.81. The van der Waals surface area contributed by atoms with Crippen LogP contribution in [0.25, 0.3) is 0 Å². The van der Waals surface area contributed by atoms with Crippen LogP contribution in [-0.4, -0.2) is 29.9 Å². The highest BCUT2D eigenvalue weighted by Crippen LogP contribution is 2.35. The van der Waals surface area contributed by atoms with Crippen molar-refractivity contribution in [2.75, 3.05) is 22.1 Å². The van der Waals surface area contributed by atoms with Gasteiger partial charge in [-0.25, -0.2) is 10.2 Å². The van der Waals surface area contributed by atoms with Gasteiger partial charge in [0.15, 0.2) is 11.7 Å². The zero-order valence-electron chi connectivity index (χ0n) is 17.1. The van der Waals surface area contributed by atoms with Crippen LogP contribution < -0.4 is 25.7 Å². The van der Waals surface area contributed by atoms with E-state index in [-0.39, 0.29) is 17.6 Å². The molecule has 33 heavy (non-hydrogen) atoms. The molecule has 3 aromatic rings. The molecule has 0 aliphatic carbocycles. The summed E-state index contributed by atoms with van der Waals surface area (Å²) in [6.45, 7) is -0.176. The standard InChI is InChI=1S/C23H18ClN5O3S/c24-16-8-6-15(7-9-16)13-25-28-22(31)26-18-10-11-19-20(12-18)32-14-21(30)29(19)23(33)27-17-4-2-1-3-5-17/h1-13H,14H2,(H,27,33)(H2,26,28,31)/b25-13-. The van der Waals surface area contributed by atoms with Crippen molar-refractivity contribution >= 4 is 64.1 Å². The maximum atomic E-state index is 12.5. The zero-order chi connectivity index (χ0) is 23.2. The number of carbonyl (C=O) groups is 2. The van der Waals surface area contributed by atoms with Crippen LogP contribution >= 0.6 is 23.8 Å². The number of para-hydroxylation sites is 1. The summed E-state index contributed by atoms with van der Waals surface area (Å²) in [5, 5.41) is 10.5. The minimum Gasteiger partial charge on any atom is -0.481 e. The molecular formula is C23H18ClN5O3S. The van der Waals surface area contributed by atoms with Crippen LogP contribution in [0.2, 0.25) is 5.02 Å². The second-order valence-electron chi connectivity index (χ2n) is 6.87. The van der Waals surface area contributed by atoms with Crippen molar-refractivity contribution in [3.63, 3.8) is 0 Å². The predicted octanol–water partition coefficient (Wildman–Crippen LogP) is 4.62. The summed E-state index contributed by atoms with van der Waals surface area (Å²) in [6.07, 6.45) is 1.50. The molecule has 0 radical (unpaired) electrons. The van der Waals surface area contributed by atoms with Gasteiger partial charge in [0, 0.05) is 22.5 Å². The fraction of sp³-hybridized carbons (Fsp3) is 0.0435. The molecule has 10 heteroatoms. The number of urea groups is 1. The van der Waals surface area contributed by atoms with Gasteiger partial charge in [0.1, 0.15) is 5.75 Å². The van der Waals surface area contributed by atoms with E-state index >= 15 is 0 Å². The Kier molecular flexibility index (Phi) is 6.82. The molecule has 0 bridgehead atoms. The smallest absolute Gasteiger partial charge is 0.339 e. The highest BCUT2D eigenvalue weighted by Gasteiger charge is 2.29. The summed E-state index contributed by atoms with van der Waals surface area (Å²) < 4.78 is 5.55. The molecule has 1 aliphatic rings. The number of anilines is 3. The molecule has 3 aromatic carbocycles. The first-order valence-corrected chi connectivity index (χ1v) is 10.6. The van der Waals surface area contributed by atoms with E-state index in [0.717, 1.165) is 11.3 Å². The number of hydrazone groups is 1. The van der Waals surface area contributed by atoms with E-state index in [0.29, 0.717) is 22.1 Å². The van der Waals surface area contributed by atoms with Crippen molar-refractivity contribution < 1.29 is 14.3 Å². The van der Waals surface area contributed by atoms with Gasteiger partial charge >= 0.3 is 6.03 Å². The first-order valence-electron chi connectivity index (χ1n) is 9.81. The van der Waals surface area contributed by atoms with Gasteiger partial charge in [-0.1, -0.05) is 41.9 Å². The molecule has 0 saturated heterocycles. The van der Waals surface area contributed by atoms with Gasteiger partial charge in [-0.2, -0.15) is 5.10 Å². The Morgan fingerprint density at radius 1 is 1.03 bits per heavy atom. The number of hydrogen-bond acceptors (Lipinski definition) is 5. The van der Waals surface area contributed by atoms with Gasteiger partial charge < -0.3 is 15.4 Å². The molecule has 3 amide bonds. The van der Waals surface area contributed by atoms with Gasteiger partial charge in [0.05, 0.1) is 11.9 Å². The van der Waals surface area contributed by atoms with Gasteiger partial charge in [-0.15, -0.1) is 0 Å². The van der Waals surface area contributed by atoms with E-state index in [9.17, 15) is 9.59 Å². The number of halogens is 1. The largest absolute Gasteiger partial charge is 0.481 e. The summed E-state index contributed by atoms with van der Waals surface area (Å²) in [4.78, 5) is 26.0. The normalized spacial score (nSPS) is 12.6. The summed E-state index contributed by atoms with van der Waals surface area (Å²) in [5.41, 5.74) is 4.87. The molecule has 166 valence electrons. The van der Waals surface area contributed by atoms with E-state index in [1.807, 2.05) is 30.3 Å². The van der Waals surface area contributed by atoms with Crippen LogP contribution in [0.1, 0.15) is 5.56 Å². The monoisotopic (exact) mass is 479 g/mol. The fourth-order valence-electron chi connectivity index (χ4n) is 3.03. The second-order valence-corrected chi connectivity index (χ2v) is 7.70. The summed E-state index contributed by atoms with van der Waals surface area (Å²) >= 11 is 11.3. The lowest BCUT2D eigenvalue weighted by atomic mass is 10.2. The topological polar surface area (TPSA) is 95.1 Å². The third-order valence-corrected chi connectivity index (χ3v) is 5.07. The summed E-state index contributed by atoms with van der Waals surface area (Å²) in [6, 6.07) is 20.7. The Balaban J connectivity index is 1.41. The van der Waals surface area contributed by atoms with Crippen LogP contribution in [-0.2, 0) is 4.79 Å². The molecule has 3 N–H and O–H groups in total. The Hall–Kier alpha value is -3.95. The third-order valence-electron chi connectivity index (χ3n) is 4.54. The van der Waals surface area contributed by atoms with Crippen molar-refractivity contribution in [2.45, 2.75) is 0 Å². The first-order chi connectivity index (χ1) is 16.0. The quantitative estimate of drug-likeness (QED) is 0.288. The van der Waals surface area contributed by atoms with Gasteiger partial charge in [-0.3, -0.25) is 9.69 Å². The second kappa shape index (κ2) is 10.1. The van der Waals surface area contributed by atoms with Gasteiger partial charge in [0.25, 0.3) is 5.91 Å². The van der Waals surface area contributed by atoms with Gasteiger partial charge in [0.2, 0.25) is 0 Å². The maximum absolute atomic E-state index is 12.5. The van der Waals surface area contributed by atoms with E-state index < -0.39 is 6.03 Å². The number of benzene rings is 3. The fourth-order valence-corrected chi connectivity index (χ4v) is 3.47. The van der Waals surface area contributed by atoms with Crippen molar-refractivity contribution in [2.24, 2.45) is 5.10 Å². The molecule has 8 nitrogen and oxygen atoms in total. The average molecular weight is 480 g/mol. The molecule has 0 atom stereocenters. The molecule has 0 fully saturated rings. The maximum Gasteiger partial charge on any atom is 0.339 e. The first kappa shape index (κ1) is 22.3. The Bertz CT molecular complexity index is 1220. The van der Waals surface area contributed by atoms with E-state index in [4.69, 9.17) is 28.6 Å². The number of rotatable bonds is 4. The molecule has 1 aliphatic heterocycles. The number of thiocarbonyl (C=S) groups is 1. The number of fused-ring (bicyclic) bond motifs is 1. The number of amides is 3. The Morgan fingerprint density at radius 2 is 1.79 bits per heavy atom. The van der Waals surface area contributed by atoms with E-state index in [1.54, 1.807) is 42.5 Å². The highest BCUT2D eigenvalue weighted by atomic mass is 35.5. The SMILES string of the molecule is O=C(N/N=C\c1ccc(Cl)cc1)Nc1ccc2c(c1)OCC(=O)N2C(=S)Nc1ccccc1. The molecule has 0 spiro atoms. The summed E-state index contributed by atoms with van der Waals surface area (Å²) in [7, 11) is 0. The van der Waals surface area contributed by atoms with E-state index in [1.165, 1.54) is 11.1 Å². The Labute approximate surface area is 200 Å². The van der Waals surface area contributed by atoms with Crippen LogP contribution in [0.4, 0.5) is 21.9 Å².